The Morgan fingerprint density at radius 2 is 2.17 bits per heavy atom. The van der Waals surface area contributed by atoms with Crippen molar-refractivity contribution in [1.82, 2.24) is 0 Å². The topological polar surface area (TPSA) is 46.2 Å². The molecule has 0 fully saturated rings. The highest BCUT2D eigenvalue weighted by atomic mass is 32.1. The number of thiophene rings is 1. The molecule has 0 amide bonds. The van der Waals surface area contributed by atoms with E-state index in [2.05, 4.69) is 0 Å². The van der Waals surface area contributed by atoms with Crippen LogP contribution in [0.15, 0.2) is 17.5 Å². The average molecular weight is 179 g/mol. The number of hydrogen-bond donors (Lipinski definition) is 2. The lowest BCUT2D eigenvalue weighted by Crippen LogP contribution is -1.85. The van der Waals surface area contributed by atoms with Crippen molar-refractivity contribution in [3.63, 3.8) is 0 Å². The Morgan fingerprint density at radius 1 is 1.42 bits per heavy atom. The lowest BCUT2D eigenvalue weighted by molar-refractivity contribution is 0.484. The number of nitrogens with two attached hydrogens (primary N) is 1. The van der Waals surface area contributed by atoms with Crippen molar-refractivity contribution >= 4 is 27.1 Å². The third-order valence-electron chi connectivity index (χ3n) is 1.93. The lowest BCUT2D eigenvalue weighted by Gasteiger charge is -1.99. The van der Waals surface area contributed by atoms with Gasteiger partial charge in [0, 0.05) is 15.8 Å². The Balaban J connectivity index is 2.98. The predicted molar refractivity (Wildman–Crippen MR) is 52.6 cm³/mol. The molecule has 0 unspecified atom stereocenters. The number of benzene rings is 1. The number of fused-ring (bicyclic) bond motifs is 1. The first kappa shape index (κ1) is 7.43. The highest BCUT2D eigenvalue weighted by Crippen LogP contribution is 2.37. The van der Waals surface area contributed by atoms with Gasteiger partial charge in [0.15, 0.2) is 0 Å². The van der Waals surface area contributed by atoms with Crippen LogP contribution in [0.5, 0.6) is 5.75 Å². The number of rotatable bonds is 0. The van der Waals surface area contributed by atoms with Gasteiger partial charge in [-0.3, -0.25) is 0 Å². The van der Waals surface area contributed by atoms with Crippen LogP contribution >= 0.6 is 11.3 Å². The van der Waals surface area contributed by atoms with Crippen molar-refractivity contribution in [3.8, 4) is 5.75 Å². The molecular formula is C9H9NOS. The van der Waals surface area contributed by atoms with Crippen LogP contribution in [0.3, 0.4) is 0 Å². The average Bonchev–Trinajstić information content (AvgIpc) is 2.42. The van der Waals surface area contributed by atoms with Gasteiger partial charge in [-0.15, -0.1) is 11.3 Å². The molecule has 2 aromatic rings. The van der Waals surface area contributed by atoms with E-state index in [1.807, 2.05) is 19.1 Å². The normalized spacial score (nSPS) is 10.8. The summed E-state index contributed by atoms with van der Waals surface area (Å²) >= 11 is 1.52. The molecule has 62 valence electrons. The minimum atomic E-state index is 0.288. The first-order valence-electron chi connectivity index (χ1n) is 3.65. The van der Waals surface area contributed by atoms with Crippen molar-refractivity contribution in [2.24, 2.45) is 0 Å². The van der Waals surface area contributed by atoms with Crippen LogP contribution in [-0.2, 0) is 0 Å². The van der Waals surface area contributed by atoms with E-state index in [1.165, 1.54) is 11.3 Å². The third kappa shape index (κ3) is 0.865. The SMILES string of the molecule is Cc1ccc(N)c2c(O)csc12. The van der Waals surface area contributed by atoms with Gasteiger partial charge in [-0.1, -0.05) is 6.07 Å². The molecule has 0 spiro atoms. The molecule has 0 atom stereocenters. The smallest absolute Gasteiger partial charge is 0.136 e. The largest absolute Gasteiger partial charge is 0.506 e. The zero-order valence-corrected chi connectivity index (χ0v) is 7.48. The van der Waals surface area contributed by atoms with Crippen molar-refractivity contribution in [2.45, 2.75) is 6.92 Å². The van der Waals surface area contributed by atoms with E-state index in [4.69, 9.17) is 5.73 Å². The Bertz CT molecular complexity index is 433. The molecule has 1 aromatic carbocycles. The van der Waals surface area contributed by atoms with Crippen LogP contribution in [-0.4, -0.2) is 5.11 Å². The Labute approximate surface area is 74.3 Å². The van der Waals surface area contributed by atoms with E-state index in [9.17, 15) is 5.11 Å². The maximum absolute atomic E-state index is 9.45. The molecule has 2 rings (SSSR count). The summed E-state index contributed by atoms with van der Waals surface area (Å²) in [6.07, 6.45) is 0. The van der Waals surface area contributed by atoms with Crippen LogP contribution in [0, 0.1) is 6.92 Å². The molecular weight excluding hydrogens is 170 g/mol. The van der Waals surface area contributed by atoms with Gasteiger partial charge in [-0.2, -0.15) is 0 Å². The molecule has 3 heteroatoms. The van der Waals surface area contributed by atoms with Crippen LogP contribution < -0.4 is 5.73 Å². The van der Waals surface area contributed by atoms with Gasteiger partial charge < -0.3 is 10.8 Å². The Morgan fingerprint density at radius 3 is 2.83 bits per heavy atom. The first-order chi connectivity index (χ1) is 5.70. The van der Waals surface area contributed by atoms with Crippen LogP contribution in [0.2, 0.25) is 0 Å². The molecule has 0 saturated carbocycles. The second kappa shape index (κ2) is 2.38. The second-order valence-electron chi connectivity index (χ2n) is 2.80. The zero-order valence-electron chi connectivity index (χ0n) is 6.66. The number of aryl methyl sites for hydroxylation is 1. The Kier molecular flexibility index (Phi) is 1.48. The second-order valence-corrected chi connectivity index (χ2v) is 3.68. The lowest BCUT2D eigenvalue weighted by atomic mass is 10.1. The van der Waals surface area contributed by atoms with Gasteiger partial charge in [-0.05, 0) is 18.6 Å². The highest BCUT2D eigenvalue weighted by Gasteiger charge is 2.07. The third-order valence-corrected chi connectivity index (χ3v) is 3.03. The monoisotopic (exact) mass is 179 g/mol. The summed E-state index contributed by atoms with van der Waals surface area (Å²) in [6, 6.07) is 3.79. The number of aromatic hydroxyl groups is 1. The van der Waals surface area contributed by atoms with E-state index in [1.54, 1.807) is 5.38 Å². The summed E-state index contributed by atoms with van der Waals surface area (Å²) in [5, 5.41) is 12.0. The van der Waals surface area contributed by atoms with E-state index >= 15 is 0 Å². The van der Waals surface area contributed by atoms with Gasteiger partial charge in [-0.25, -0.2) is 0 Å². The van der Waals surface area contributed by atoms with Gasteiger partial charge in [0.1, 0.15) is 5.75 Å². The summed E-state index contributed by atoms with van der Waals surface area (Å²) in [5.74, 6) is 0.288. The molecule has 12 heavy (non-hydrogen) atoms. The van der Waals surface area contributed by atoms with E-state index < -0.39 is 0 Å². The van der Waals surface area contributed by atoms with Crippen molar-refractivity contribution in [1.29, 1.82) is 0 Å². The standard InChI is InChI=1S/C9H9NOS/c1-5-2-3-6(10)8-7(11)4-12-9(5)8/h2-4,11H,10H2,1H3. The number of anilines is 1. The Hall–Kier alpha value is -1.22. The predicted octanol–water partition coefficient (Wildman–Crippen LogP) is 2.50. The maximum atomic E-state index is 9.45. The molecule has 0 aliphatic heterocycles. The molecule has 0 saturated heterocycles. The van der Waals surface area contributed by atoms with Crippen LogP contribution in [0.25, 0.3) is 10.1 Å². The molecule has 0 aliphatic rings. The van der Waals surface area contributed by atoms with Crippen molar-refractivity contribution in [2.75, 3.05) is 5.73 Å². The van der Waals surface area contributed by atoms with E-state index in [0.717, 1.165) is 15.6 Å². The van der Waals surface area contributed by atoms with Crippen molar-refractivity contribution < 1.29 is 5.11 Å². The minimum Gasteiger partial charge on any atom is -0.506 e. The molecule has 1 aromatic heterocycles. The summed E-state index contributed by atoms with van der Waals surface area (Å²) < 4.78 is 1.08. The molecule has 3 N–H and O–H groups in total. The maximum Gasteiger partial charge on any atom is 0.136 e. The summed E-state index contributed by atoms with van der Waals surface area (Å²) in [7, 11) is 0. The number of nitrogen functional groups attached to an aromatic ring is 1. The first-order valence-corrected chi connectivity index (χ1v) is 4.53. The molecule has 0 radical (unpaired) electrons. The van der Waals surface area contributed by atoms with Gasteiger partial charge >= 0.3 is 0 Å². The van der Waals surface area contributed by atoms with Crippen molar-refractivity contribution in [3.05, 3.63) is 23.1 Å². The zero-order chi connectivity index (χ0) is 8.72. The summed E-state index contributed by atoms with van der Waals surface area (Å²) in [5.41, 5.74) is 7.52. The molecule has 0 aliphatic carbocycles. The minimum absolute atomic E-state index is 0.288. The fourth-order valence-electron chi connectivity index (χ4n) is 1.29. The van der Waals surface area contributed by atoms with Crippen LogP contribution in [0.1, 0.15) is 5.56 Å². The van der Waals surface area contributed by atoms with Crippen LogP contribution in [0.4, 0.5) is 5.69 Å². The fraction of sp³-hybridized carbons (Fsp3) is 0.111. The van der Waals surface area contributed by atoms with Gasteiger partial charge in [0.05, 0.1) is 5.39 Å². The van der Waals surface area contributed by atoms with Gasteiger partial charge in [0.2, 0.25) is 0 Å². The molecule has 0 bridgehead atoms. The summed E-state index contributed by atoms with van der Waals surface area (Å²) in [6.45, 7) is 2.01. The van der Waals surface area contributed by atoms with E-state index in [0.29, 0.717) is 5.69 Å². The van der Waals surface area contributed by atoms with Gasteiger partial charge in [0.25, 0.3) is 0 Å². The highest BCUT2D eigenvalue weighted by molar-refractivity contribution is 7.17. The summed E-state index contributed by atoms with van der Waals surface area (Å²) in [4.78, 5) is 0. The quantitative estimate of drug-likeness (QED) is 0.610. The fourth-order valence-corrected chi connectivity index (χ4v) is 2.23. The number of hydrogen-bond acceptors (Lipinski definition) is 3. The molecule has 1 heterocycles. The van der Waals surface area contributed by atoms with E-state index in [-0.39, 0.29) is 5.75 Å². The molecule has 2 nitrogen and oxygen atoms in total.